The van der Waals surface area contributed by atoms with Crippen LogP contribution in [-0.4, -0.2) is 23.5 Å². The van der Waals surface area contributed by atoms with Crippen LogP contribution < -0.4 is 0 Å². The first kappa shape index (κ1) is 15.0. The summed E-state index contributed by atoms with van der Waals surface area (Å²) in [4.78, 5) is 6.87. The Morgan fingerprint density at radius 3 is 3.00 bits per heavy atom. The van der Waals surface area contributed by atoms with E-state index in [2.05, 4.69) is 23.0 Å². The molecule has 3 rings (SSSR count). The molecule has 22 heavy (non-hydrogen) atoms. The fourth-order valence-corrected chi connectivity index (χ4v) is 3.51. The Hall–Kier alpha value is -1.90. The van der Waals surface area contributed by atoms with Gasteiger partial charge in [-0.25, -0.2) is 9.37 Å². The molecule has 0 bridgehead atoms. The summed E-state index contributed by atoms with van der Waals surface area (Å²) in [6, 6.07) is 10.9. The van der Waals surface area contributed by atoms with Crippen LogP contribution in [0.4, 0.5) is 4.39 Å². The summed E-state index contributed by atoms with van der Waals surface area (Å²) in [6.07, 6.45) is 0.894. The lowest BCUT2D eigenvalue weighted by atomic mass is 10.0. The van der Waals surface area contributed by atoms with Gasteiger partial charge in [-0.1, -0.05) is 18.2 Å². The molecule has 0 aliphatic carbocycles. The molecule has 0 saturated heterocycles. The molecular weight excluding hydrogens is 297 g/mol. The molecule has 0 saturated carbocycles. The van der Waals surface area contributed by atoms with Crippen LogP contribution in [0.1, 0.15) is 22.4 Å². The van der Waals surface area contributed by atoms with Gasteiger partial charge in [0.05, 0.1) is 5.56 Å². The molecule has 1 aromatic carbocycles. The van der Waals surface area contributed by atoms with Crippen molar-refractivity contribution >= 4 is 11.8 Å². The Bertz CT molecular complexity index is 739. The summed E-state index contributed by atoms with van der Waals surface area (Å²) in [6.45, 7) is 1.80. The standard InChI is InChI=1S/C17H16FN3S/c1-21-7-6-16-14(10-21)8-13(9-19)17(20-16)22-11-12-4-2-3-5-15(12)18/h2-5,8H,6-7,10-11H2,1H3. The van der Waals surface area contributed by atoms with E-state index in [1.54, 1.807) is 12.1 Å². The Morgan fingerprint density at radius 1 is 1.41 bits per heavy atom. The number of aromatic nitrogens is 1. The minimum atomic E-state index is -0.215. The lowest BCUT2D eigenvalue weighted by Crippen LogP contribution is -2.27. The molecule has 1 aromatic heterocycles. The number of benzene rings is 1. The van der Waals surface area contributed by atoms with Gasteiger partial charge in [0.25, 0.3) is 0 Å². The zero-order chi connectivity index (χ0) is 15.5. The van der Waals surface area contributed by atoms with Crippen LogP contribution in [0.2, 0.25) is 0 Å². The van der Waals surface area contributed by atoms with Gasteiger partial charge in [-0.15, -0.1) is 11.8 Å². The van der Waals surface area contributed by atoms with Gasteiger partial charge in [0.15, 0.2) is 0 Å². The number of fused-ring (bicyclic) bond motifs is 1. The number of rotatable bonds is 3. The van der Waals surface area contributed by atoms with E-state index >= 15 is 0 Å². The Labute approximate surface area is 133 Å². The normalized spacial score (nSPS) is 14.4. The van der Waals surface area contributed by atoms with Gasteiger partial charge in [-0.3, -0.25) is 0 Å². The Balaban J connectivity index is 1.85. The van der Waals surface area contributed by atoms with Gasteiger partial charge in [0.2, 0.25) is 0 Å². The van der Waals surface area contributed by atoms with Crippen molar-refractivity contribution in [2.24, 2.45) is 0 Å². The highest BCUT2D eigenvalue weighted by atomic mass is 32.2. The molecule has 2 aromatic rings. The van der Waals surface area contributed by atoms with Crippen LogP contribution in [0, 0.1) is 17.1 Å². The van der Waals surface area contributed by atoms with E-state index in [0.717, 1.165) is 30.8 Å². The molecule has 2 heterocycles. The molecule has 0 N–H and O–H groups in total. The highest BCUT2D eigenvalue weighted by Gasteiger charge is 2.18. The highest BCUT2D eigenvalue weighted by molar-refractivity contribution is 7.98. The van der Waals surface area contributed by atoms with Crippen LogP contribution in [0.25, 0.3) is 0 Å². The van der Waals surface area contributed by atoms with E-state index in [-0.39, 0.29) is 5.82 Å². The first-order valence-corrected chi connectivity index (χ1v) is 8.13. The van der Waals surface area contributed by atoms with Crippen molar-refractivity contribution in [1.82, 2.24) is 9.88 Å². The molecular formula is C17H16FN3S. The second-order valence-electron chi connectivity index (χ2n) is 5.43. The van der Waals surface area contributed by atoms with Crippen LogP contribution in [0.3, 0.4) is 0 Å². The molecule has 5 heteroatoms. The van der Waals surface area contributed by atoms with E-state index in [1.165, 1.54) is 17.8 Å². The minimum absolute atomic E-state index is 0.215. The number of nitriles is 1. The number of thioether (sulfide) groups is 1. The van der Waals surface area contributed by atoms with Crippen molar-refractivity contribution in [2.45, 2.75) is 23.7 Å². The molecule has 0 fully saturated rings. The smallest absolute Gasteiger partial charge is 0.127 e. The monoisotopic (exact) mass is 313 g/mol. The van der Waals surface area contributed by atoms with Gasteiger partial charge in [-0.05, 0) is 30.3 Å². The molecule has 1 aliphatic heterocycles. The van der Waals surface area contributed by atoms with E-state index in [9.17, 15) is 9.65 Å². The summed E-state index contributed by atoms with van der Waals surface area (Å²) < 4.78 is 13.7. The molecule has 3 nitrogen and oxygen atoms in total. The maximum atomic E-state index is 13.7. The maximum absolute atomic E-state index is 13.7. The van der Waals surface area contributed by atoms with Crippen molar-refractivity contribution in [2.75, 3.05) is 13.6 Å². The lowest BCUT2D eigenvalue weighted by molar-refractivity contribution is 0.309. The van der Waals surface area contributed by atoms with E-state index in [4.69, 9.17) is 0 Å². The van der Waals surface area contributed by atoms with Crippen LogP contribution >= 0.6 is 11.8 Å². The second-order valence-corrected chi connectivity index (χ2v) is 6.39. The highest BCUT2D eigenvalue weighted by Crippen LogP contribution is 2.28. The summed E-state index contributed by atoms with van der Waals surface area (Å²) in [5.41, 5.74) is 3.40. The van der Waals surface area contributed by atoms with E-state index in [0.29, 0.717) is 21.9 Å². The summed E-state index contributed by atoms with van der Waals surface area (Å²) in [7, 11) is 2.07. The molecule has 1 aliphatic rings. The zero-order valence-corrected chi connectivity index (χ0v) is 13.2. The number of likely N-dealkylation sites (N-methyl/N-ethyl adjacent to an activating group) is 1. The molecule has 0 spiro atoms. The van der Waals surface area contributed by atoms with Gasteiger partial charge >= 0.3 is 0 Å². The van der Waals surface area contributed by atoms with Crippen molar-refractivity contribution in [3.8, 4) is 6.07 Å². The fourth-order valence-electron chi connectivity index (χ4n) is 2.55. The quantitative estimate of drug-likeness (QED) is 0.815. The summed E-state index contributed by atoms with van der Waals surface area (Å²) in [5.74, 6) is 0.264. The third-order valence-electron chi connectivity index (χ3n) is 3.77. The minimum Gasteiger partial charge on any atom is -0.302 e. The SMILES string of the molecule is CN1CCc2nc(SCc3ccccc3F)c(C#N)cc2C1. The van der Waals surface area contributed by atoms with Crippen molar-refractivity contribution in [3.63, 3.8) is 0 Å². The first-order valence-electron chi connectivity index (χ1n) is 7.15. The Kier molecular flexibility index (Phi) is 4.41. The second kappa shape index (κ2) is 6.47. The Morgan fingerprint density at radius 2 is 2.23 bits per heavy atom. The van der Waals surface area contributed by atoms with Gasteiger partial charge < -0.3 is 4.90 Å². The van der Waals surface area contributed by atoms with Crippen LogP contribution in [0.5, 0.6) is 0 Å². The number of hydrogen-bond acceptors (Lipinski definition) is 4. The number of pyridine rings is 1. The average molecular weight is 313 g/mol. The van der Waals surface area contributed by atoms with Crippen molar-refractivity contribution in [3.05, 3.63) is 58.5 Å². The molecule has 112 valence electrons. The molecule has 0 amide bonds. The van der Waals surface area contributed by atoms with Crippen LogP contribution in [0.15, 0.2) is 35.4 Å². The number of halogens is 1. The number of nitrogens with zero attached hydrogens (tertiary/aromatic N) is 3. The van der Waals surface area contributed by atoms with Gasteiger partial charge in [0.1, 0.15) is 16.9 Å². The predicted octanol–water partition coefficient (Wildman–Crippen LogP) is 3.37. The molecule has 0 radical (unpaired) electrons. The van der Waals surface area contributed by atoms with E-state index in [1.807, 2.05) is 12.1 Å². The zero-order valence-electron chi connectivity index (χ0n) is 12.3. The largest absolute Gasteiger partial charge is 0.302 e. The van der Waals surface area contributed by atoms with Gasteiger partial charge in [-0.2, -0.15) is 5.26 Å². The third-order valence-corrected chi connectivity index (χ3v) is 4.81. The first-order chi connectivity index (χ1) is 10.7. The van der Waals surface area contributed by atoms with Crippen molar-refractivity contribution < 1.29 is 4.39 Å². The average Bonchev–Trinajstić information content (AvgIpc) is 2.53. The topological polar surface area (TPSA) is 39.9 Å². The number of hydrogen-bond donors (Lipinski definition) is 0. The molecule has 0 atom stereocenters. The predicted molar refractivity (Wildman–Crippen MR) is 85.0 cm³/mol. The van der Waals surface area contributed by atoms with E-state index < -0.39 is 0 Å². The fraction of sp³-hybridized carbons (Fsp3) is 0.294. The summed E-state index contributed by atoms with van der Waals surface area (Å²) >= 11 is 1.43. The molecule has 0 unspecified atom stereocenters. The van der Waals surface area contributed by atoms with Crippen LogP contribution in [-0.2, 0) is 18.7 Å². The third kappa shape index (κ3) is 3.13. The summed E-state index contributed by atoms with van der Waals surface area (Å²) in [5, 5.41) is 10.0. The van der Waals surface area contributed by atoms with Gasteiger partial charge in [0, 0.05) is 31.0 Å². The maximum Gasteiger partial charge on any atom is 0.127 e. The van der Waals surface area contributed by atoms with Crippen molar-refractivity contribution in [1.29, 1.82) is 5.26 Å². The lowest BCUT2D eigenvalue weighted by Gasteiger charge is -2.24.